The van der Waals surface area contributed by atoms with Crippen LogP contribution in [0.15, 0.2) is 22.7 Å². The summed E-state index contributed by atoms with van der Waals surface area (Å²) >= 11 is 4.66. The zero-order valence-corrected chi connectivity index (χ0v) is 14.8. The van der Waals surface area contributed by atoms with Gasteiger partial charge in [-0.05, 0) is 31.5 Å². The van der Waals surface area contributed by atoms with Crippen molar-refractivity contribution in [1.82, 2.24) is 10.2 Å². The van der Waals surface area contributed by atoms with Crippen LogP contribution in [0.3, 0.4) is 0 Å². The third kappa shape index (κ3) is 3.81. The first-order valence-electron chi connectivity index (χ1n) is 7.08. The predicted molar refractivity (Wildman–Crippen MR) is 89.3 cm³/mol. The Balaban J connectivity index is 2.16. The van der Waals surface area contributed by atoms with Crippen LogP contribution in [-0.2, 0) is 4.79 Å². The Labute approximate surface area is 141 Å². The molecule has 1 N–H and O–H groups in total. The Morgan fingerprint density at radius 3 is 2.91 bits per heavy atom. The van der Waals surface area contributed by atoms with Crippen molar-refractivity contribution in [2.45, 2.75) is 32.4 Å². The van der Waals surface area contributed by atoms with Gasteiger partial charge in [-0.25, -0.2) is 4.39 Å². The third-order valence-electron chi connectivity index (χ3n) is 3.61. The van der Waals surface area contributed by atoms with E-state index in [9.17, 15) is 14.0 Å². The van der Waals surface area contributed by atoms with Gasteiger partial charge in [-0.2, -0.15) is 0 Å². The molecule has 0 aliphatic carbocycles. The standard InChI is InChI=1S/C15H18BrFN2O2S/c1-3-9(2)18-14(20)13-7-22-8-19(13)15(21)11-5-4-10(16)6-12(11)17/h4-6,9,13H,3,7-8H2,1-2H3,(H,18,20). The SMILES string of the molecule is CCC(C)NC(=O)C1CSCN1C(=O)c1ccc(Br)cc1F. The second kappa shape index (κ2) is 7.46. The Kier molecular flexibility index (Phi) is 5.86. The maximum atomic E-state index is 14.0. The van der Waals surface area contributed by atoms with E-state index in [0.29, 0.717) is 16.1 Å². The van der Waals surface area contributed by atoms with Gasteiger partial charge in [0.05, 0.1) is 11.4 Å². The molecule has 2 unspecified atom stereocenters. The van der Waals surface area contributed by atoms with Crippen molar-refractivity contribution in [3.8, 4) is 0 Å². The zero-order chi connectivity index (χ0) is 16.3. The molecule has 22 heavy (non-hydrogen) atoms. The number of carbonyl (C=O) groups is 2. The largest absolute Gasteiger partial charge is 0.352 e. The average Bonchev–Trinajstić information content (AvgIpc) is 2.96. The van der Waals surface area contributed by atoms with E-state index >= 15 is 0 Å². The minimum atomic E-state index is -0.586. The van der Waals surface area contributed by atoms with Gasteiger partial charge in [0.1, 0.15) is 11.9 Å². The molecule has 2 atom stereocenters. The molecule has 1 heterocycles. The van der Waals surface area contributed by atoms with Crippen molar-refractivity contribution in [3.63, 3.8) is 0 Å². The number of thioether (sulfide) groups is 1. The van der Waals surface area contributed by atoms with Gasteiger partial charge >= 0.3 is 0 Å². The molecule has 1 fully saturated rings. The lowest BCUT2D eigenvalue weighted by Gasteiger charge is -2.24. The van der Waals surface area contributed by atoms with Crippen LogP contribution in [0.1, 0.15) is 30.6 Å². The van der Waals surface area contributed by atoms with Crippen LogP contribution in [-0.4, -0.2) is 40.4 Å². The second-order valence-corrected chi connectivity index (χ2v) is 7.15. The van der Waals surface area contributed by atoms with E-state index in [2.05, 4.69) is 21.2 Å². The lowest BCUT2D eigenvalue weighted by molar-refractivity contribution is -0.125. The number of hydrogen-bond acceptors (Lipinski definition) is 3. The smallest absolute Gasteiger partial charge is 0.258 e. The minimum absolute atomic E-state index is 0.00737. The Hall–Kier alpha value is -1.08. The number of benzene rings is 1. The summed E-state index contributed by atoms with van der Waals surface area (Å²) in [7, 11) is 0. The summed E-state index contributed by atoms with van der Waals surface area (Å²) < 4.78 is 14.5. The molecule has 7 heteroatoms. The molecule has 2 amide bonds. The molecule has 0 bridgehead atoms. The van der Waals surface area contributed by atoms with E-state index < -0.39 is 17.8 Å². The van der Waals surface area contributed by atoms with Crippen LogP contribution in [0.4, 0.5) is 4.39 Å². The molecule has 0 radical (unpaired) electrons. The molecule has 120 valence electrons. The monoisotopic (exact) mass is 388 g/mol. The van der Waals surface area contributed by atoms with Gasteiger partial charge in [0.15, 0.2) is 0 Å². The summed E-state index contributed by atoms with van der Waals surface area (Å²) in [5.74, 6) is -0.277. The van der Waals surface area contributed by atoms with Crippen LogP contribution >= 0.6 is 27.7 Å². The predicted octanol–water partition coefficient (Wildman–Crippen LogP) is 3.02. The molecule has 0 aromatic heterocycles. The number of amides is 2. The van der Waals surface area contributed by atoms with Crippen LogP contribution in [0.5, 0.6) is 0 Å². The molecule has 1 saturated heterocycles. The zero-order valence-electron chi connectivity index (χ0n) is 12.4. The summed E-state index contributed by atoms with van der Waals surface area (Å²) in [6.45, 7) is 3.90. The lowest BCUT2D eigenvalue weighted by Crippen LogP contribution is -2.49. The Bertz CT molecular complexity index is 585. The topological polar surface area (TPSA) is 49.4 Å². The molecule has 2 rings (SSSR count). The fraction of sp³-hybridized carbons (Fsp3) is 0.467. The maximum Gasteiger partial charge on any atom is 0.258 e. The number of hydrogen-bond donors (Lipinski definition) is 1. The average molecular weight is 389 g/mol. The highest BCUT2D eigenvalue weighted by molar-refractivity contribution is 9.10. The molecule has 0 saturated carbocycles. The quantitative estimate of drug-likeness (QED) is 0.862. The third-order valence-corrected chi connectivity index (χ3v) is 5.11. The minimum Gasteiger partial charge on any atom is -0.352 e. The molecular weight excluding hydrogens is 371 g/mol. The van der Waals surface area contributed by atoms with Crippen LogP contribution in [0.25, 0.3) is 0 Å². The van der Waals surface area contributed by atoms with Crippen molar-refractivity contribution in [1.29, 1.82) is 0 Å². The first-order chi connectivity index (χ1) is 10.4. The Morgan fingerprint density at radius 2 is 2.27 bits per heavy atom. The second-order valence-electron chi connectivity index (χ2n) is 5.23. The van der Waals surface area contributed by atoms with E-state index in [0.717, 1.165) is 6.42 Å². The van der Waals surface area contributed by atoms with E-state index in [-0.39, 0.29) is 17.5 Å². The number of nitrogens with zero attached hydrogens (tertiary/aromatic N) is 1. The first kappa shape index (κ1) is 17.3. The van der Waals surface area contributed by atoms with Crippen molar-refractivity contribution in [3.05, 3.63) is 34.1 Å². The van der Waals surface area contributed by atoms with Crippen LogP contribution in [0.2, 0.25) is 0 Å². The summed E-state index contributed by atoms with van der Waals surface area (Å²) in [5.41, 5.74) is -0.00737. The van der Waals surface area contributed by atoms with Crippen molar-refractivity contribution >= 4 is 39.5 Å². The number of halogens is 2. The van der Waals surface area contributed by atoms with Crippen LogP contribution < -0.4 is 5.32 Å². The van der Waals surface area contributed by atoms with E-state index in [1.807, 2.05) is 13.8 Å². The highest BCUT2D eigenvalue weighted by Crippen LogP contribution is 2.25. The molecule has 1 aliphatic rings. The van der Waals surface area contributed by atoms with Crippen molar-refractivity contribution in [2.24, 2.45) is 0 Å². The highest BCUT2D eigenvalue weighted by Gasteiger charge is 2.36. The maximum absolute atomic E-state index is 14.0. The molecular formula is C15H18BrFN2O2S. The number of carbonyl (C=O) groups excluding carboxylic acids is 2. The fourth-order valence-corrected chi connectivity index (χ4v) is 3.61. The van der Waals surface area contributed by atoms with E-state index in [1.54, 1.807) is 6.07 Å². The summed E-state index contributed by atoms with van der Waals surface area (Å²) in [6.07, 6.45) is 0.820. The van der Waals surface area contributed by atoms with E-state index in [1.165, 1.54) is 28.8 Å². The highest BCUT2D eigenvalue weighted by atomic mass is 79.9. The van der Waals surface area contributed by atoms with Crippen LogP contribution in [0, 0.1) is 5.82 Å². The number of nitrogens with one attached hydrogen (secondary N) is 1. The van der Waals surface area contributed by atoms with Gasteiger partial charge in [-0.3, -0.25) is 9.59 Å². The normalized spacial score (nSPS) is 19.1. The summed E-state index contributed by atoms with van der Waals surface area (Å²) in [5, 5.41) is 2.88. The summed E-state index contributed by atoms with van der Waals surface area (Å²) in [6, 6.07) is 3.82. The lowest BCUT2D eigenvalue weighted by atomic mass is 10.1. The molecule has 4 nitrogen and oxygen atoms in total. The first-order valence-corrected chi connectivity index (χ1v) is 9.03. The molecule has 0 spiro atoms. The number of rotatable bonds is 4. The molecule has 1 aromatic rings. The van der Waals surface area contributed by atoms with Crippen molar-refractivity contribution in [2.75, 3.05) is 11.6 Å². The van der Waals surface area contributed by atoms with Gasteiger partial charge in [-0.1, -0.05) is 22.9 Å². The Morgan fingerprint density at radius 1 is 1.55 bits per heavy atom. The van der Waals surface area contributed by atoms with Crippen molar-refractivity contribution < 1.29 is 14.0 Å². The van der Waals surface area contributed by atoms with Gasteiger partial charge in [0, 0.05) is 16.3 Å². The van der Waals surface area contributed by atoms with Gasteiger partial charge < -0.3 is 10.2 Å². The summed E-state index contributed by atoms with van der Waals surface area (Å²) in [4.78, 5) is 26.2. The fourth-order valence-electron chi connectivity index (χ4n) is 2.12. The van der Waals surface area contributed by atoms with Gasteiger partial charge in [0.25, 0.3) is 5.91 Å². The van der Waals surface area contributed by atoms with Gasteiger partial charge in [-0.15, -0.1) is 11.8 Å². The van der Waals surface area contributed by atoms with Gasteiger partial charge in [0.2, 0.25) is 5.91 Å². The molecule has 1 aliphatic heterocycles. The van der Waals surface area contributed by atoms with E-state index in [4.69, 9.17) is 0 Å². The molecule has 1 aromatic carbocycles.